The number of hydrogen-bond donors (Lipinski definition) is 0. The summed E-state index contributed by atoms with van der Waals surface area (Å²) in [6, 6.07) is 0.360. The minimum Gasteiger partial charge on any atom is -0.372 e. The number of carbonyl (C=O) groups is 1. The topological polar surface area (TPSA) is 48.0 Å². The molecule has 0 radical (unpaired) electrons. The van der Waals surface area contributed by atoms with Crippen LogP contribution >= 0.6 is 11.6 Å². The van der Waals surface area contributed by atoms with Gasteiger partial charge >= 0.3 is 0 Å². The predicted molar refractivity (Wildman–Crippen MR) is 131 cm³/mol. The lowest BCUT2D eigenvalue weighted by atomic mass is 9.42. The fraction of sp³-hybridized carbons (Fsp3) is 0.893. The van der Waals surface area contributed by atoms with Crippen molar-refractivity contribution in [3.05, 3.63) is 0 Å². The van der Waals surface area contributed by atoms with Crippen LogP contribution in [-0.2, 0) is 19.0 Å². The molecule has 6 aliphatic rings. The average molecular weight is 490 g/mol. The van der Waals surface area contributed by atoms with Crippen LogP contribution in [0.4, 0.5) is 0 Å². The molecule has 0 amide bonds. The normalized spacial score (nSPS) is 49.8. The molecule has 10 atom stereocenters. The first-order valence-electron chi connectivity index (χ1n) is 13.7. The summed E-state index contributed by atoms with van der Waals surface area (Å²) < 4.78 is 20.3. The highest BCUT2D eigenvalue weighted by Gasteiger charge is 2.78. The summed E-state index contributed by atoms with van der Waals surface area (Å²) in [4.78, 5) is 16.0. The van der Waals surface area contributed by atoms with Crippen molar-refractivity contribution in [3.63, 3.8) is 0 Å². The molecule has 4 saturated carbocycles. The Balaban J connectivity index is 1.36. The van der Waals surface area contributed by atoms with Crippen molar-refractivity contribution in [3.8, 4) is 11.8 Å². The summed E-state index contributed by atoms with van der Waals surface area (Å²) in [6.07, 6.45) is 9.91. The molecule has 6 fully saturated rings. The van der Waals surface area contributed by atoms with Gasteiger partial charge in [-0.25, -0.2) is 0 Å². The second-order valence-corrected chi connectivity index (χ2v) is 12.6. The van der Waals surface area contributed by atoms with Crippen LogP contribution in [0.1, 0.15) is 71.1 Å². The Morgan fingerprint density at radius 2 is 2.09 bits per heavy atom. The first-order valence-corrected chi connectivity index (χ1v) is 14.1. The molecule has 6 heteroatoms. The SMILES string of the molecule is CC#CCOC1CCC2CC3N(C)CC[C@]45C2C1O[C@H]4C(=O)CC[C@@]35OCC1CCCC(Cl)C1. The minimum atomic E-state index is -0.344. The molecule has 2 aliphatic heterocycles. The fourth-order valence-electron chi connectivity index (χ4n) is 9.23. The van der Waals surface area contributed by atoms with Crippen molar-refractivity contribution < 1.29 is 19.0 Å². The maximum absolute atomic E-state index is 13.5. The van der Waals surface area contributed by atoms with E-state index < -0.39 is 0 Å². The summed E-state index contributed by atoms with van der Waals surface area (Å²) in [5.74, 6) is 7.73. The van der Waals surface area contributed by atoms with Gasteiger partial charge in [-0.1, -0.05) is 12.3 Å². The highest BCUT2D eigenvalue weighted by Crippen LogP contribution is 2.70. The van der Waals surface area contributed by atoms with Gasteiger partial charge < -0.3 is 19.1 Å². The Bertz CT molecular complexity index is 870. The third-order valence-corrected chi connectivity index (χ3v) is 10.9. The first kappa shape index (κ1) is 23.7. The molecule has 0 N–H and O–H groups in total. The van der Waals surface area contributed by atoms with E-state index in [-0.39, 0.29) is 34.7 Å². The molecule has 7 unspecified atom stereocenters. The van der Waals surface area contributed by atoms with Gasteiger partial charge in [0.1, 0.15) is 12.7 Å². The Hall–Kier alpha value is -0.640. The molecule has 6 rings (SSSR count). The molecule has 2 bridgehead atoms. The largest absolute Gasteiger partial charge is 0.372 e. The fourth-order valence-corrected chi connectivity index (χ4v) is 9.63. The monoisotopic (exact) mass is 489 g/mol. The first-order chi connectivity index (χ1) is 16.5. The zero-order chi connectivity index (χ0) is 23.5. The molecule has 4 aliphatic carbocycles. The summed E-state index contributed by atoms with van der Waals surface area (Å²) >= 11 is 6.54. The molecule has 2 saturated heterocycles. The van der Waals surface area contributed by atoms with Gasteiger partial charge in [-0.2, -0.15) is 0 Å². The Kier molecular flexibility index (Phi) is 6.31. The van der Waals surface area contributed by atoms with Gasteiger partial charge in [0.15, 0.2) is 5.78 Å². The van der Waals surface area contributed by atoms with E-state index >= 15 is 0 Å². The molecule has 34 heavy (non-hydrogen) atoms. The van der Waals surface area contributed by atoms with Crippen molar-refractivity contribution in [1.29, 1.82) is 0 Å². The summed E-state index contributed by atoms with van der Waals surface area (Å²) in [5, 5.41) is 0.276. The number of ether oxygens (including phenoxy) is 3. The molecule has 0 aromatic heterocycles. The van der Waals surface area contributed by atoms with Gasteiger partial charge in [0, 0.05) is 29.2 Å². The highest BCUT2D eigenvalue weighted by atomic mass is 35.5. The summed E-state index contributed by atoms with van der Waals surface area (Å²) in [5.41, 5.74) is -0.528. The standard InChI is InChI=1S/C28H40ClNO4/c1-3-4-14-32-22-9-8-19-16-23-28(33-17-18-6-5-7-20(29)15-18)11-10-21(31)26-27(28,12-13-30(23)2)24(19)25(22)34-26/h18-20,22-26H,5-17H2,1-2H3/t18?,19?,20?,22?,23?,24?,25?,26-,27-,28+/m0/s1. The van der Waals surface area contributed by atoms with Crippen molar-refractivity contribution in [2.45, 2.75) is 106 Å². The van der Waals surface area contributed by atoms with E-state index in [0.29, 0.717) is 42.6 Å². The summed E-state index contributed by atoms with van der Waals surface area (Å²) in [6.45, 7) is 4.07. The number of ketones is 1. The molecule has 5 nitrogen and oxygen atoms in total. The molecular formula is C28H40ClNO4. The Morgan fingerprint density at radius 3 is 2.91 bits per heavy atom. The molecule has 188 valence electrons. The molecular weight excluding hydrogens is 450 g/mol. The van der Waals surface area contributed by atoms with Crippen LogP contribution in [0.2, 0.25) is 0 Å². The van der Waals surface area contributed by atoms with Crippen LogP contribution in [-0.4, -0.2) is 72.8 Å². The van der Waals surface area contributed by atoms with Crippen LogP contribution in [0.3, 0.4) is 0 Å². The number of piperidine rings is 1. The number of rotatable bonds is 5. The second kappa shape index (κ2) is 9.03. The average Bonchev–Trinajstić information content (AvgIpc) is 3.19. The number of nitrogens with zero attached hydrogens (tertiary/aromatic N) is 1. The van der Waals surface area contributed by atoms with Crippen molar-refractivity contribution in [1.82, 2.24) is 4.90 Å². The number of likely N-dealkylation sites (tertiary alicyclic amines) is 1. The van der Waals surface area contributed by atoms with E-state index in [1.807, 2.05) is 6.92 Å². The second-order valence-electron chi connectivity index (χ2n) is 11.9. The van der Waals surface area contributed by atoms with E-state index in [2.05, 4.69) is 23.8 Å². The highest BCUT2D eigenvalue weighted by molar-refractivity contribution is 6.20. The minimum absolute atomic E-state index is 0.0151. The third kappa shape index (κ3) is 3.39. The van der Waals surface area contributed by atoms with Crippen LogP contribution in [0.25, 0.3) is 0 Å². The summed E-state index contributed by atoms with van der Waals surface area (Å²) in [7, 11) is 2.27. The van der Waals surface area contributed by atoms with Gasteiger partial charge in [-0.3, -0.25) is 4.79 Å². The molecule has 0 aromatic rings. The zero-order valence-corrected chi connectivity index (χ0v) is 21.5. The lowest BCUT2D eigenvalue weighted by Gasteiger charge is -2.68. The lowest BCUT2D eigenvalue weighted by molar-refractivity contribution is -0.273. The molecule has 2 heterocycles. The number of carbonyl (C=O) groups excluding carboxylic acids is 1. The Labute approximate surface area is 209 Å². The van der Waals surface area contributed by atoms with Gasteiger partial charge in [-0.15, -0.1) is 17.5 Å². The van der Waals surface area contributed by atoms with Crippen molar-refractivity contribution >= 4 is 17.4 Å². The van der Waals surface area contributed by atoms with E-state index in [9.17, 15) is 4.79 Å². The van der Waals surface area contributed by atoms with E-state index in [1.165, 1.54) is 12.8 Å². The lowest BCUT2D eigenvalue weighted by Crippen LogP contribution is -2.77. The number of halogens is 1. The number of hydrogen-bond acceptors (Lipinski definition) is 5. The van der Waals surface area contributed by atoms with Crippen molar-refractivity contribution in [2.24, 2.45) is 23.2 Å². The molecule has 1 spiro atoms. The third-order valence-electron chi connectivity index (χ3n) is 10.5. The van der Waals surface area contributed by atoms with Gasteiger partial charge in [0.25, 0.3) is 0 Å². The van der Waals surface area contributed by atoms with Gasteiger partial charge in [-0.05, 0) is 83.7 Å². The van der Waals surface area contributed by atoms with Gasteiger partial charge in [0.05, 0.1) is 24.4 Å². The zero-order valence-electron chi connectivity index (χ0n) is 20.8. The molecule has 0 aromatic carbocycles. The van der Waals surface area contributed by atoms with Crippen molar-refractivity contribution in [2.75, 3.05) is 26.8 Å². The number of Topliss-reactive ketones (excluding diaryl/α,β-unsaturated/α-hetero) is 1. The number of alkyl halides is 1. The quantitative estimate of drug-likeness (QED) is 0.428. The maximum Gasteiger partial charge on any atom is 0.162 e. The smallest absolute Gasteiger partial charge is 0.162 e. The van der Waals surface area contributed by atoms with E-state index in [4.69, 9.17) is 25.8 Å². The van der Waals surface area contributed by atoms with E-state index in [0.717, 1.165) is 58.1 Å². The van der Waals surface area contributed by atoms with Crippen LogP contribution in [0.5, 0.6) is 0 Å². The Morgan fingerprint density at radius 1 is 1.21 bits per heavy atom. The number of likely N-dealkylation sites (N-methyl/N-ethyl adjacent to an activating group) is 1. The van der Waals surface area contributed by atoms with Crippen LogP contribution < -0.4 is 0 Å². The van der Waals surface area contributed by atoms with Crippen LogP contribution in [0, 0.1) is 35.0 Å². The van der Waals surface area contributed by atoms with Gasteiger partial charge in [0.2, 0.25) is 0 Å². The maximum atomic E-state index is 13.5. The predicted octanol–water partition coefficient (Wildman–Crippen LogP) is 4.20. The van der Waals surface area contributed by atoms with E-state index in [1.54, 1.807) is 0 Å². The van der Waals surface area contributed by atoms with Crippen LogP contribution in [0.15, 0.2) is 0 Å².